The second-order valence-electron chi connectivity index (χ2n) is 13.7. The number of ether oxygens (including phenoxy) is 1. The number of azide groups is 1. The number of rotatable bonds is 7. The maximum absolute atomic E-state index is 11.8. The zero-order chi connectivity index (χ0) is 26.2. The molecule has 0 aromatic rings. The van der Waals surface area contributed by atoms with Gasteiger partial charge < -0.3 is 9.16 Å². The van der Waals surface area contributed by atoms with Crippen molar-refractivity contribution in [1.82, 2.24) is 0 Å². The summed E-state index contributed by atoms with van der Waals surface area (Å²) in [5.74, 6) is 1.45. The quantitative estimate of drug-likeness (QED) is 0.0879. The molecule has 0 unspecified atom stereocenters. The number of hydrogen-bond acceptors (Lipinski definition) is 4. The highest BCUT2D eigenvalue weighted by atomic mass is 28.4. The van der Waals surface area contributed by atoms with Crippen LogP contribution >= 0.6 is 0 Å². The third-order valence-electron chi connectivity index (χ3n) is 10.9. The van der Waals surface area contributed by atoms with Gasteiger partial charge in [-0.2, -0.15) is 0 Å². The van der Waals surface area contributed by atoms with Crippen LogP contribution in [0.2, 0.25) is 18.1 Å². The lowest BCUT2D eigenvalue weighted by atomic mass is 9.49. The number of carbonyl (C=O) groups excluding carboxylic acids is 1. The Labute approximate surface area is 214 Å². The predicted molar refractivity (Wildman–Crippen MR) is 144 cm³/mol. The van der Waals surface area contributed by atoms with E-state index in [1.807, 2.05) is 0 Å². The van der Waals surface area contributed by atoms with Crippen molar-refractivity contribution in [3.05, 3.63) is 22.6 Å². The van der Waals surface area contributed by atoms with E-state index in [4.69, 9.17) is 9.16 Å². The average Bonchev–Trinajstić information content (AvgIpc) is 3.06. The van der Waals surface area contributed by atoms with Crippen molar-refractivity contribution in [2.75, 3.05) is 13.2 Å². The van der Waals surface area contributed by atoms with E-state index in [0.29, 0.717) is 36.8 Å². The third-order valence-corrected chi connectivity index (χ3v) is 15.4. The second-order valence-corrected chi connectivity index (χ2v) is 18.5. The molecule has 0 aliphatic heterocycles. The van der Waals surface area contributed by atoms with Gasteiger partial charge in [0, 0.05) is 25.0 Å². The first-order chi connectivity index (χ1) is 16.2. The van der Waals surface area contributed by atoms with E-state index < -0.39 is 8.32 Å². The largest absolute Gasteiger partial charge is 0.463 e. The Morgan fingerprint density at radius 2 is 1.89 bits per heavy atom. The van der Waals surface area contributed by atoms with Gasteiger partial charge in [0.15, 0.2) is 8.32 Å². The first-order valence-corrected chi connectivity index (χ1v) is 16.6. The summed E-state index contributed by atoms with van der Waals surface area (Å²) in [6.45, 7) is 23.6. The molecule has 0 amide bonds. The number of esters is 1. The monoisotopic (exact) mass is 503 g/mol. The van der Waals surface area contributed by atoms with E-state index in [1.54, 1.807) is 0 Å². The number of nitrogens with zero attached hydrogens (tertiary/aromatic N) is 3. The van der Waals surface area contributed by atoms with Crippen molar-refractivity contribution in [3.63, 3.8) is 0 Å². The van der Waals surface area contributed by atoms with Crippen LogP contribution in [-0.4, -0.2) is 33.5 Å². The molecule has 35 heavy (non-hydrogen) atoms. The number of allylic oxidation sites excluding steroid dienone is 1. The minimum atomic E-state index is -1.92. The van der Waals surface area contributed by atoms with Crippen LogP contribution in [0.1, 0.15) is 86.5 Å². The summed E-state index contributed by atoms with van der Waals surface area (Å²) in [5.41, 5.74) is 10.8. The topological polar surface area (TPSA) is 84.3 Å². The van der Waals surface area contributed by atoms with E-state index in [-0.39, 0.29) is 27.9 Å². The lowest BCUT2D eigenvalue weighted by molar-refractivity contribution is -0.155. The van der Waals surface area contributed by atoms with Crippen LogP contribution in [-0.2, 0) is 14.0 Å². The van der Waals surface area contributed by atoms with Crippen molar-refractivity contribution in [3.8, 4) is 0 Å². The molecule has 3 rings (SSSR count). The van der Waals surface area contributed by atoms with Crippen LogP contribution in [0.4, 0.5) is 0 Å². The molecule has 198 valence electrons. The number of fused-ring (bicyclic) bond motifs is 1. The number of carbonyl (C=O) groups is 1. The van der Waals surface area contributed by atoms with Gasteiger partial charge in [0.25, 0.3) is 0 Å². The lowest BCUT2D eigenvalue weighted by Gasteiger charge is -2.57. The molecule has 7 heteroatoms. The molecule has 3 aliphatic carbocycles. The Kier molecular flexibility index (Phi) is 8.25. The first-order valence-electron chi connectivity index (χ1n) is 13.7. The highest BCUT2D eigenvalue weighted by molar-refractivity contribution is 6.74. The average molecular weight is 504 g/mol. The smallest absolute Gasteiger partial charge is 0.302 e. The minimum absolute atomic E-state index is 0.0377. The van der Waals surface area contributed by atoms with E-state index in [0.717, 1.165) is 44.9 Å². The first kappa shape index (κ1) is 28.3. The Morgan fingerprint density at radius 3 is 2.49 bits per heavy atom. The Bertz CT molecular complexity index is 862. The molecule has 3 saturated carbocycles. The minimum Gasteiger partial charge on any atom is -0.463 e. The molecule has 3 aliphatic rings. The van der Waals surface area contributed by atoms with Crippen molar-refractivity contribution < 1.29 is 14.0 Å². The molecule has 0 N–H and O–H groups in total. The highest BCUT2D eigenvalue weighted by Gasteiger charge is 2.57. The highest BCUT2D eigenvalue weighted by Crippen LogP contribution is 2.63. The summed E-state index contributed by atoms with van der Waals surface area (Å²) >= 11 is 0. The van der Waals surface area contributed by atoms with Gasteiger partial charge in [0.05, 0.1) is 0 Å². The van der Waals surface area contributed by atoms with Crippen LogP contribution in [0.15, 0.2) is 17.3 Å². The predicted octanol–water partition coefficient (Wildman–Crippen LogP) is 8.06. The van der Waals surface area contributed by atoms with Crippen LogP contribution in [0, 0.1) is 34.5 Å². The van der Waals surface area contributed by atoms with Crippen molar-refractivity contribution in [2.45, 2.75) is 111 Å². The summed E-state index contributed by atoms with van der Waals surface area (Å²) < 4.78 is 12.5. The summed E-state index contributed by atoms with van der Waals surface area (Å²) in [4.78, 5) is 15.0. The van der Waals surface area contributed by atoms with E-state index in [2.05, 4.69) is 64.3 Å². The molecule has 0 heterocycles. The van der Waals surface area contributed by atoms with Gasteiger partial charge >= 0.3 is 5.97 Å². The summed E-state index contributed by atoms with van der Waals surface area (Å²) in [6, 6.07) is 0. The van der Waals surface area contributed by atoms with Crippen molar-refractivity contribution in [2.24, 2.45) is 39.6 Å². The summed E-state index contributed by atoms with van der Waals surface area (Å²) in [6.07, 6.45) is 7.24. The van der Waals surface area contributed by atoms with Gasteiger partial charge in [0.2, 0.25) is 0 Å². The van der Waals surface area contributed by atoms with E-state index in [1.165, 1.54) is 12.5 Å². The molecule has 3 fully saturated rings. The zero-order valence-corrected chi connectivity index (χ0v) is 24.5. The standard InChI is InChI=1S/C28H49N3O3Si/c1-19-10-11-24-23(17-30-31-29)25(13-15-27(19,24)6)28(7)14-12-22(34-20(2)32)16-21(28)18-33-35(8,9)26(3,4)5/h21-25H,1,10-18H2,2-9H3/t21-,22+,23+,24+,25+,27-,28+/m1/s1. The van der Waals surface area contributed by atoms with Crippen LogP contribution in [0.3, 0.4) is 0 Å². The normalized spacial score (nSPS) is 37.9. The molecular weight excluding hydrogens is 454 g/mol. The third kappa shape index (κ3) is 5.52. The molecule has 0 saturated heterocycles. The fraction of sp³-hybridized carbons (Fsp3) is 0.893. The Balaban J connectivity index is 1.93. The van der Waals surface area contributed by atoms with Crippen molar-refractivity contribution in [1.29, 1.82) is 0 Å². The molecule has 0 radical (unpaired) electrons. The molecule has 0 aromatic carbocycles. The molecule has 6 nitrogen and oxygen atoms in total. The van der Waals surface area contributed by atoms with Gasteiger partial charge in [-0.05, 0) is 103 Å². The van der Waals surface area contributed by atoms with Gasteiger partial charge in [0.1, 0.15) is 6.10 Å². The molecule has 0 aromatic heterocycles. The summed E-state index contributed by atoms with van der Waals surface area (Å²) in [7, 11) is -1.92. The van der Waals surface area contributed by atoms with Crippen molar-refractivity contribution >= 4 is 14.3 Å². The summed E-state index contributed by atoms with van der Waals surface area (Å²) in [5, 5.41) is 4.29. The van der Waals surface area contributed by atoms with Gasteiger partial charge in [-0.1, -0.05) is 51.9 Å². The zero-order valence-electron chi connectivity index (χ0n) is 23.5. The van der Waals surface area contributed by atoms with Gasteiger partial charge in [-0.3, -0.25) is 4.79 Å². The molecule has 0 bridgehead atoms. The fourth-order valence-corrected chi connectivity index (χ4v) is 8.44. The van der Waals surface area contributed by atoms with Crippen LogP contribution in [0.5, 0.6) is 0 Å². The second kappa shape index (κ2) is 10.2. The van der Waals surface area contributed by atoms with Gasteiger partial charge in [-0.15, -0.1) is 0 Å². The lowest BCUT2D eigenvalue weighted by Crippen LogP contribution is -2.53. The molecule has 0 spiro atoms. The molecule has 7 atom stereocenters. The van der Waals surface area contributed by atoms with Crippen LogP contribution < -0.4 is 0 Å². The maximum Gasteiger partial charge on any atom is 0.302 e. The SMILES string of the molecule is C=C1CC[C@H]2[C@H](CN=[N+]=[N-])[C@@H]([C@@]3(C)CC[C@H](OC(C)=O)C[C@@H]3CO[Si](C)(C)C(C)(C)C)CC[C@]12C. The maximum atomic E-state index is 11.8. The van der Waals surface area contributed by atoms with Gasteiger partial charge in [-0.25, -0.2) is 0 Å². The van der Waals surface area contributed by atoms with Crippen LogP contribution in [0.25, 0.3) is 10.4 Å². The Morgan fingerprint density at radius 1 is 1.20 bits per heavy atom. The van der Waals surface area contributed by atoms with E-state index >= 15 is 0 Å². The molecular formula is C28H49N3O3Si. The number of hydrogen-bond donors (Lipinski definition) is 0. The van der Waals surface area contributed by atoms with E-state index in [9.17, 15) is 10.3 Å². The Hall–Kier alpha value is -1.30. The fourth-order valence-electron chi connectivity index (χ4n) is 7.39.